The molecule has 0 bridgehead atoms. The number of rotatable bonds is 5. The minimum absolute atomic E-state index is 0.0953. The summed E-state index contributed by atoms with van der Waals surface area (Å²) < 4.78 is 6.70. The summed E-state index contributed by atoms with van der Waals surface area (Å²) in [6.45, 7) is 6.18. The van der Waals surface area contributed by atoms with E-state index in [1.54, 1.807) is 31.3 Å². The Morgan fingerprint density at radius 1 is 1.08 bits per heavy atom. The Balaban J connectivity index is 2.00. The molecular formula is C20H23BrN2O3. The van der Waals surface area contributed by atoms with Gasteiger partial charge in [0, 0.05) is 28.3 Å². The van der Waals surface area contributed by atoms with Crippen LogP contribution in [0.25, 0.3) is 0 Å². The number of amides is 2. The highest BCUT2D eigenvalue weighted by atomic mass is 79.9. The second-order valence-corrected chi connectivity index (χ2v) is 7.80. The third-order valence-corrected chi connectivity index (χ3v) is 4.26. The van der Waals surface area contributed by atoms with E-state index in [1.165, 1.54) is 0 Å². The van der Waals surface area contributed by atoms with Gasteiger partial charge in [0.25, 0.3) is 11.8 Å². The zero-order valence-corrected chi connectivity index (χ0v) is 16.9. The predicted octanol–water partition coefficient (Wildman–Crippen LogP) is 4.12. The van der Waals surface area contributed by atoms with Gasteiger partial charge in [0.1, 0.15) is 5.75 Å². The average molecular weight is 419 g/mol. The van der Waals surface area contributed by atoms with Crippen molar-refractivity contribution in [2.45, 2.75) is 26.2 Å². The number of anilines is 1. The van der Waals surface area contributed by atoms with Gasteiger partial charge in [-0.1, -0.05) is 36.7 Å². The van der Waals surface area contributed by atoms with Crippen molar-refractivity contribution in [3.05, 3.63) is 58.1 Å². The monoisotopic (exact) mass is 418 g/mol. The number of benzene rings is 2. The lowest BCUT2D eigenvalue weighted by molar-refractivity contribution is -0.118. The first-order valence-electron chi connectivity index (χ1n) is 8.25. The molecule has 0 aliphatic heterocycles. The Hall–Kier alpha value is -2.34. The zero-order valence-electron chi connectivity index (χ0n) is 15.4. The van der Waals surface area contributed by atoms with Gasteiger partial charge < -0.3 is 15.4 Å². The molecule has 0 unspecified atom stereocenters. The number of halogens is 1. The maximum absolute atomic E-state index is 12.2. The summed E-state index contributed by atoms with van der Waals surface area (Å²) in [5.74, 6) is 0.252. The fourth-order valence-electron chi connectivity index (χ4n) is 2.40. The molecule has 2 amide bonds. The third kappa shape index (κ3) is 5.33. The van der Waals surface area contributed by atoms with E-state index in [2.05, 4.69) is 47.3 Å². The molecule has 0 atom stereocenters. The molecule has 2 aromatic carbocycles. The van der Waals surface area contributed by atoms with E-state index in [-0.39, 0.29) is 23.8 Å². The molecule has 0 heterocycles. The van der Waals surface area contributed by atoms with E-state index in [0.717, 1.165) is 10.0 Å². The molecule has 6 heteroatoms. The van der Waals surface area contributed by atoms with Crippen LogP contribution in [0.15, 0.2) is 46.9 Å². The van der Waals surface area contributed by atoms with Gasteiger partial charge in [-0.15, -0.1) is 0 Å². The van der Waals surface area contributed by atoms with Gasteiger partial charge in [-0.2, -0.15) is 0 Å². The Bertz CT molecular complexity index is 796. The highest BCUT2D eigenvalue weighted by molar-refractivity contribution is 9.10. The molecular weight excluding hydrogens is 396 g/mol. The number of carbonyl (C=O) groups excluding carboxylic acids is 2. The first kappa shape index (κ1) is 20.0. The molecule has 138 valence electrons. The Morgan fingerprint density at radius 3 is 2.31 bits per heavy atom. The molecule has 0 saturated carbocycles. The SMILES string of the molecule is CNC(=O)c1ccc(NC(=O)COc2ccc(Br)cc2C(C)(C)C)cc1. The third-order valence-electron chi connectivity index (χ3n) is 3.77. The first-order chi connectivity index (χ1) is 12.2. The summed E-state index contributed by atoms with van der Waals surface area (Å²) in [5.41, 5.74) is 2.06. The van der Waals surface area contributed by atoms with Gasteiger partial charge in [0.2, 0.25) is 0 Å². The van der Waals surface area contributed by atoms with E-state index in [0.29, 0.717) is 17.0 Å². The van der Waals surface area contributed by atoms with Crippen LogP contribution < -0.4 is 15.4 Å². The van der Waals surface area contributed by atoms with Crippen LogP contribution in [0.3, 0.4) is 0 Å². The van der Waals surface area contributed by atoms with Gasteiger partial charge in [-0.05, 0) is 47.9 Å². The summed E-state index contributed by atoms with van der Waals surface area (Å²) in [6, 6.07) is 12.4. The van der Waals surface area contributed by atoms with Crippen LogP contribution in [0.2, 0.25) is 0 Å². The van der Waals surface area contributed by atoms with E-state index in [4.69, 9.17) is 4.74 Å². The van der Waals surface area contributed by atoms with Crippen molar-refractivity contribution in [3.8, 4) is 5.75 Å². The Labute approximate surface area is 162 Å². The van der Waals surface area contributed by atoms with Crippen molar-refractivity contribution in [1.29, 1.82) is 0 Å². The highest BCUT2D eigenvalue weighted by Crippen LogP contribution is 2.33. The number of carbonyl (C=O) groups is 2. The van der Waals surface area contributed by atoms with E-state index in [1.807, 2.05) is 18.2 Å². The number of nitrogens with one attached hydrogen (secondary N) is 2. The largest absolute Gasteiger partial charge is 0.483 e. The summed E-state index contributed by atoms with van der Waals surface area (Å²) >= 11 is 3.47. The Kier molecular flexibility index (Phi) is 6.42. The molecule has 26 heavy (non-hydrogen) atoms. The van der Waals surface area contributed by atoms with Crippen LogP contribution >= 0.6 is 15.9 Å². The van der Waals surface area contributed by atoms with Crippen molar-refractivity contribution < 1.29 is 14.3 Å². The van der Waals surface area contributed by atoms with Crippen LogP contribution in [0.1, 0.15) is 36.7 Å². The predicted molar refractivity (Wildman–Crippen MR) is 107 cm³/mol. The molecule has 0 aliphatic carbocycles. The summed E-state index contributed by atoms with van der Waals surface area (Å²) in [4.78, 5) is 23.7. The second-order valence-electron chi connectivity index (χ2n) is 6.88. The van der Waals surface area contributed by atoms with Crippen molar-refractivity contribution in [1.82, 2.24) is 5.32 Å². The molecule has 2 aromatic rings. The number of hydrogen-bond donors (Lipinski definition) is 2. The number of hydrogen-bond acceptors (Lipinski definition) is 3. The Morgan fingerprint density at radius 2 is 1.73 bits per heavy atom. The fourth-order valence-corrected chi connectivity index (χ4v) is 2.76. The molecule has 0 aromatic heterocycles. The molecule has 2 rings (SSSR count). The molecule has 0 radical (unpaired) electrons. The van der Waals surface area contributed by atoms with Crippen LogP contribution in [-0.4, -0.2) is 25.5 Å². The highest BCUT2D eigenvalue weighted by Gasteiger charge is 2.20. The molecule has 0 fully saturated rings. The molecule has 0 spiro atoms. The summed E-state index contributed by atoms with van der Waals surface area (Å²) in [6.07, 6.45) is 0. The molecule has 2 N–H and O–H groups in total. The molecule has 5 nitrogen and oxygen atoms in total. The topological polar surface area (TPSA) is 67.4 Å². The van der Waals surface area contributed by atoms with Crippen LogP contribution in [0, 0.1) is 0 Å². The van der Waals surface area contributed by atoms with E-state index >= 15 is 0 Å². The van der Waals surface area contributed by atoms with Gasteiger partial charge in [-0.25, -0.2) is 0 Å². The molecule has 0 saturated heterocycles. The number of ether oxygens (including phenoxy) is 1. The van der Waals surface area contributed by atoms with Crippen LogP contribution in [0.4, 0.5) is 5.69 Å². The maximum Gasteiger partial charge on any atom is 0.262 e. The van der Waals surface area contributed by atoms with Gasteiger partial charge >= 0.3 is 0 Å². The van der Waals surface area contributed by atoms with Crippen molar-refractivity contribution in [3.63, 3.8) is 0 Å². The quantitative estimate of drug-likeness (QED) is 0.766. The van der Waals surface area contributed by atoms with E-state index < -0.39 is 0 Å². The molecule has 0 aliphatic rings. The minimum Gasteiger partial charge on any atom is -0.483 e. The van der Waals surface area contributed by atoms with Gasteiger partial charge in [-0.3, -0.25) is 9.59 Å². The standard InChI is InChI=1S/C20H23BrN2O3/c1-20(2,3)16-11-14(21)7-10-17(16)26-12-18(24)23-15-8-5-13(6-9-15)19(25)22-4/h5-11H,12H2,1-4H3,(H,22,25)(H,23,24). The van der Waals surface area contributed by atoms with Crippen LogP contribution in [-0.2, 0) is 10.2 Å². The van der Waals surface area contributed by atoms with Crippen LogP contribution in [0.5, 0.6) is 5.75 Å². The first-order valence-corrected chi connectivity index (χ1v) is 9.05. The smallest absolute Gasteiger partial charge is 0.262 e. The lowest BCUT2D eigenvalue weighted by Crippen LogP contribution is -2.22. The zero-order chi connectivity index (χ0) is 19.3. The van der Waals surface area contributed by atoms with Crippen molar-refractivity contribution in [2.75, 3.05) is 19.0 Å². The maximum atomic E-state index is 12.2. The normalized spacial score (nSPS) is 11.0. The van der Waals surface area contributed by atoms with Gasteiger partial charge in [0.15, 0.2) is 6.61 Å². The second kappa shape index (κ2) is 8.36. The van der Waals surface area contributed by atoms with E-state index in [9.17, 15) is 9.59 Å². The van der Waals surface area contributed by atoms with Crippen molar-refractivity contribution >= 4 is 33.4 Å². The minimum atomic E-state index is -0.263. The summed E-state index contributed by atoms with van der Waals surface area (Å²) in [7, 11) is 1.57. The van der Waals surface area contributed by atoms with Crippen molar-refractivity contribution in [2.24, 2.45) is 0 Å². The lowest BCUT2D eigenvalue weighted by Gasteiger charge is -2.23. The van der Waals surface area contributed by atoms with Gasteiger partial charge in [0.05, 0.1) is 0 Å². The fraction of sp³-hybridized carbons (Fsp3) is 0.300. The average Bonchev–Trinajstić information content (AvgIpc) is 2.60. The summed E-state index contributed by atoms with van der Waals surface area (Å²) in [5, 5.41) is 5.31. The lowest BCUT2D eigenvalue weighted by atomic mass is 9.86.